The van der Waals surface area contributed by atoms with E-state index in [0.29, 0.717) is 23.7 Å². The van der Waals surface area contributed by atoms with E-state index in [2.05, 4.69) is 26.5 Å². The molecule has 0 bridgehead atoms. The van der Waals surface area contributed by atoms with Crippen LogP contribution in [0.5, 0.6) is 5.75 Å². The molecule has 0 atom stereocenters. The predicted octanol–water partition coefficient (Wildman–Crippen LogP) is 3.06. The first-order valence-electron chi connectivity index (χ1n) is 9.87. The summed E-state index contributed by atoms with van der Waals surface area (Å²) in [7, 11) is 1.54. The van der Waals surface area contributed by atoms with Gasteiger partial charge in [0.05, 0.1) is 19.3 Å². The molecule has 2 aromatic carbocycles. The lowest BCUT2D eigenvalue weighted by atomic mass is 10.2. The number of carbonyl (C=O) groups is 2. The van der Waals surface area contributed by atoms with Crippen LogP contribution < -0.4 is 15.4 Å². The maximum atomic E-state index is 12.6. The van der Waals surface area contributed by atoms with Crippen molar-refractivity contribution in [3.63, 3.8) is 0 Å². The van der Waals surface area contributed by atoms with E-state index in [9.17, 15) is 9.59 Å². The first-order valence-corrected chi connectivity index (χ1v) is 10.3. The van der Waals surface area contributed by atoms with Crippen molar-refractivity contribution in [1.29, 1.82) is 0 Å². The van der Waals surface area contributed by atoms with E-state index in [4.69, 9.17) is 16.3 Å². The Balaban J connectivity index is 1.50. The second-order valence-electron chi connectivity index (χ2n) is 7.33. The number of nitrogens with zero attached hydrogens (tertiary/aromatic N) is 2. The average molecular weight is 431 g/mol. The van der Waals surface area contributed by atoms with Gasteiger partial charge >= 0.3 is 0 Å². The van der Waals surface area contributed by atoms with Crippen LogP contribution in [0, 0.1) is 0 Å². The summed E-state index contributed by atoms with van der Waals surface area (Å²) in [6.45, 7) is 6.01. The fraction of sp³-hybridized carbons (Fsp3) is 0.364. The summed E-state index contributed by atoms with van der Waals surface area (Å²) in [4.78, 5) is 28.3. The minimum absolute atomic E-state index is 0.114. The number of anilines is 2. The standard InChI is InChI=1S/C22H27ClN4O3/c1-16(28)24-19-6-7-21(30-2)20(13-19)25-22(29)15-27-10-8-26(9-11-27)14-17-4-3-5-18(23)12-17/h3-7,12-13H,8-11,14-15H2,1-2H3,(H,24,28)(H,25,29). The van der Waals surface area contributed by atoms with Crippen molar-refractivity contribution in [2.24, 2.45) is 0 Å². The summed E-state index contributed by atoms with van der Waals surface area (Å²) in [5.41, 5.74) is 2.33. The molecule has 1 aliphatic rings. The summed E-state index contributed by atoms with van der Waals surface area (Å²) in [5.74, 6) is 0.258. The monoisotopic (exact) mass is 430 g/mol. The van der Waals surface area contributed by atoms with E-state index in [1.54, 1.807) is 25.3 Å². The Bertz CT molecular complexity index is 898. The second kappa shape index (κ2) is 10.4. The van der Waals surface area contributed by atoms with Crippen molar-refractivity contribution in [2.75, 3.05) is 50.5 Å². The number of amides is 2. The highest BCUT2D eigenvalue weighted by atomic mass is 35.5. The Labute approximate surface area is 181 Å². The average Bonchev–Trinajstić information content (AvgIpc) is 2.69. The molecule has 0 aliphatic carbocycles. The molecule has 1 saturated heterocycles. The lowest BCUT2D eigenvalue weighted by Crippen LogP contribution is -2.48. The molecule has 2 amide bonds. The molecule has 3 rings (SSSR count). The minimum Gasteiger partial charge on any atom is -0.495 e. The third kappa shape index (κ3) is 6.45. The summed E-state index contributed by atoms with van der Waals surface area (Å²) in [5, 5.41) is 6.35. The summed E-state index contributed by atoms with van der Waals surface area (Å²) < 4.78 is 5.32. The molecule has 2 N–H and O–H groups in total. The molecule has 0 saturated carbocycles. The first-order chi connectivity index (χ1) is 14.4. The Hall–Kier alpha value is -2.61. The molecular formula is C22H27ClN4O3. The van der Waals surface area contributed by atoms with Gasteiger partial charge in [0.2, 0.25) is 11.8 Å². The molecule has 160 valence electrons. The highest BCUT2D eigenvalue weighted by molar-refractivity contribution is 6.30. The molecule has 1 aliphatic heterocycles. The lowest BCUT2D eigenvalue weighted by Gasteiger charge is -2.34. The zero-order chi connectivity index (χ0) is 21.5. The molecule has 0 spiro atoms. The van der Waals surface area contributed by atoms with Crippen molar-refractivity contribution >= 4 is 34.8 Å². The molecule has 8 heteroatoms. The molecule has 1 fully saturated rings. The number of hydrogen-bond donors (Lipinski definition) is 2. The van der Waals surface area contributed by atoms with Crippen molar-refractivity contribution in [1.82, 2.24) is 9.80 Å². The topological polar surface area (TPSA) is 73.9 Å². The Morgan fingerprint density at radius 2 is 1.77 bits per heavy atom. The van der Waals surface area contributed by atoms with Crippen LogP contribution in [0.3, 0.4) is 0 Å². The van der Waals surface area contributed by atoms with Gasteiger partial charge in [-0.3, -0.25) is 19.4 Å². The summed E-state index contributed by atoms with van der Waals surface area (Å²) in [6, 6.07) is 13.1. The van der Waals surface area contributed by atoms with E-state index in [-0.39, 0.29) is 11.8 Å². The quantitative estimate of drug-likeness (QED) is 0.706. The fourth-order valence-corrected chi connectivity index (χ4v) is 3.69. The molecule has 30 heavy (non-hydrogen) atoms. The minimum atomic E-state index is -0.173. The van der Waals surface area contributed by atoms with Crippen LogP contribution in [-0.4, -0.2) is 61.4 Å². The van der Waals surface area contributed by atoms with Gasteiger partial charge in [-0.1, -0.05) is 23.7 Å². The highest BCUT2D eigenvalue weighted by Gasteiger charge is 2.20. The number of ether oxygens (including phenoxy) is 1. The number of halogens is 1. The van der Waals surface area contributed by atoms with Gasteiger partial charge in [-0.15, -0.1) is 0 Å². The van der Waals surface area contributed by atoms with Crippen LogP contribution >= 0.6 is 11.6 Å². The first kappa shape index (κ1) is 22.1. The number of nitrogens with one attached hydrogen (secondary N) is 2. The van der Waals surface area contributed by atoms with Gasteiger partial charge in [0, 0.05) is 50.4 Å². The number of carbonyl (C=O) groups excluding carboxylic acids is 2. The number of benzene rings is 2. The van der Waals surface area contributed by atoms with E-state index < -0.39 is 0 Å². The fourth-order valence-electron chi connectivity index (χ4n) is 3.48. The molecule has 2 aromatic rings. The predicted molar refractivity (Wildman–Crippen MR) is 119 cm³/mol. The molecule has 1 heterocycles. The van der Waals surface area contributed by atoms with Gasteiger partial charge in [0.15, 0.2) is 0 Å². The smallest absolute Gasteiger partial charge is 0.238 e. The molecular weight excluding hydrogens is 404 g/mol. The molecule has 0 aromatic heterocycles. The number of rotatable bonds is 7. The van der Waals surface area contributed by atoms with E-state index >= 15 is 0 Å². The van der Waals surface area contributed by atoms with Gasteiger partial charge in [0.1, 0.15) is 5.75 Å². The van der Waals surface area contributed by atoms with E-state index in [1.165, 1.54) is 12.5 Å². The SMILES string of the molecule is COc1ccc(NC(C)=O)cc1NC(=O)CN1CCN(Cc2cccc(Cl)c2)CC1. The van der Waals surface area contributed by atoms with Gasteiger partial charge in [0.25, 0.3) is 0 Å². The van der Waals surface area contributed by atoms with Crippen LogP contribution in [0.4, 0.5) is 11.4 Å². The van der Waals surface area contributed by atoms with Gasteiger partial charge in [-0.2, -0.15) is 0 Å². The zero-order valence-electron chi connectivity index (χ0n) is 17.3. The van der Waals surface area contributed by atoms with Crippen LogP contribution in [0.1, 0.15) is 12.5 Å². The largest absolute Gasteiger partial charge is 0.495 e. The van der Waals surface area contributed by atoms with Crippen LogP contribution in [-0.2, 0) is 16.1 Å². The van der Waals surface area contributed by atoms with Crippen molar-refractivity contribution in [3.8, 4) is 5.75 Å². The van der Waals surface area contributed by atoms with Crippen molar-refractivity contribution in [2.45, 2.75) is 13.5 Å². The second-order valence-corrected chi connectivity index (χ2v) is 7.76. The van der Waals surface area contributed by atoms with Gasteiger partial charge < -0.3 is 15.4 Å². The summed E-state index contributed by atoms with van der Waals surface area (Å²) in [6.07, 6.45) is 0. The van der Waals surface area contributed by atoms with E-state index in [1.807, 2.05) is 18.2 Å². The molecule has 0 radical (unpaired) electrons. The summed E-state index contributed by atoms with van der Waals surface area (Å²) >= 11 is 6.06. The third-order valence-electron chi connectivity index (χ3n) is 4.92. The zero-order valence-corrected chi connectivity index (χ0v) is 18.0. The van der Waals surface area contributed by atoms with Gasteiger partial charge in [-0.05, 0) is 35.9 Å². The normalized spacial score (nSPS) is 14.9. The Kier molecular flexibility index (Phi) is 7.68. The molecule has 0 unspecified atom stereocenters. The van der Waals surface area contributed by atoms with Crippen LogP contribution in [0.2, 0.25) is 5.02 Å². The van der Waals surface area contributed by atoms with E-state index in [0.717, 1.165) is 37.7 Å². The Morgan fingerprint density at radius 3 is 2.43 bits per heavy atom. The molecule has 7 nitrogen and oxygen atoms in total. The number of piperazine rings is 1. The van der Waals surface area contributed by atoms with Gasteiger partial charge in [-0.25, -0.2) is 0 Å². The lowest BCUT2D eigenvalue weighted by molar-refractivity contribution is -0.117. The van der Waals surface area contributed by atoms with Crippen molar-refractivity contribution < 1.29 is 14.3 Å². The van der Waals surface area contributed by atoms with Crippen LogP contribution in [0.15, 0.2) is 42.5 Å². The number of hydrogen-bond acceptors (Lipinski definition) is 5. The number of methoxy groups -OCH3 is 1. The van der Waals surface area contributed by atoms with Crippen LogP contribution in [0.25, 0.3) is 0 Å². The maximum Gasteiger partial charge on any atom is 0.238 e. The Morgan fingerprint density at radius 1 is 1.03 bits per heavy atom. The maximum absolute atomic E-state index is 12.6. The van der Waals surface area contributed by atoms with Crippen molar-refractivity contribution in [3.05, 3.63) is 53.1 Å². The highest BCUT2D eigenvalue weighted by Crippen LogP contribution is 2.28. The third-order valence-corrected chi connectivity index (χ3v) is 5.16.